The second-order valence-corrected chi connectivity index (χ2v) is 4.58. The highest BCUT2D eigenvalue weighted by atomic mass is 16.6. The number of hydrogen-bond donors (Lipinski definition) is 2. The summed E-state index contributed by atoms with van der Waals surface area (Å²) in [4.78, 5) is 36.2. The van der Waals surface area contributed by atoms with E-state index in [1.165, 1.54) is 17.1 Å². The fourth-order valence-electron chi connectivity index (χ4n) is 1.95. The molecule has 9 nitrogen and oxygen atoms in total. The third kappa shape index (κ3) is 3.77. The molecule has 108 valence electrons. The smallest absolute Gasteiger partial charge is 0.358 e. The van der Waals surface area contributed by atoms with Crippen molar-refractivity contribution in [1.82, 2.24) is 20.2 Å². The van der Waals surface area contributed by atoms with Crippen molar-refractivity contribution in [1.29, 1.82) is 0 Å². The predicted molar refractivity (Wildman–Crippen MR) is 67.7 cm³/mol. The number of aromatic nitrogens is 2. The Morgan fingerprint density at radius 1 is 1.65 bits per heavy atom. The number of nitrogens with zero attached hydrogens (tertiary/aromatic N) is 3. The second-order valence-electron chi connectivity index (χ2n) is 4.58. The van der Waals surface area contributed by atoms with Gasteiger partial charge in [0.2, 0.25) is 18.1 Å². The van der Waals surface area contributed by atoms with E-state index in [0.29, 0.717) is 25.9 Å². The number of rotatable bonds is 5. The first-order valence-corrected chi connectivity index (χ1v) is 6.27. The van der Waals surface area contributed by atoms with Crippen molar-refractivity contribution >= 4 is 17.6 Å². The molecule has 20 heavy (non-hydrogen) atoms. The number of carbonyl (C=O) groups is 2. The van der Waals surface area contributed by atoms with Crippen molar-refractivity contribution in [2.45, 2.75) is 31.8 Å². The molecule has 0 saturated carbocycles. The molecule has 0 bridgehead atoms. The van der Waals surface area contributed by atoms with Gasteiger partial charge in [0, 0.05) is 32.0 Å². The molecule has 1 fully saturated rings. The van der Waals surface area contributed by atoms with Crippen LogP contribution in [0.15, 0.2) is 12.5 Å². The average Bonchev–Trinajstić information content (AvgIpc) is 2.88. The number of imidazole rings is 1. The summed E-state index contributed by atoms with van der Waals surface area (Å²) in [6.07, 6.45) is 3.87. The number of amides is 2. The fourth-order valence-corrected chi connectivity index (χ4v) is 1.95. The molecule has 2 N–H and O–H groups in total. The quantitative estimate of drug-likeness (QED) is 0.561. The highest BCUT2D eigenvalue weighted by Crippen LogP contribution is 2.07. The summed E-state index contributed by atoms with van der Waals surface area (Å²) in [5, 5.41) is 16.0. The van der Waals surface area contributed by atoms with E-state index in [-0.39, 0.29) is 30.1 Å². The van der Waals surface area contributed by atoms with Gasteiger partial charge in [-0.25, -0.2) is 0 Å². The first kappa shape index (κ1) is 14.0. The summed E-state index contributed by atoms with van der Waals surface area (Å²) in [6, 6.07) is -0.0441. The monoisotopic (exact) mass is 281 g/mol. The van der Waals surface area contributed by atoms with Crippen molar-refractivity contribution in [2.75, 3.05) is 6.54 Å². The maximum atomic E-state index is 11.7. The Hall–Kier alpha value is -2.45. The van der Waals surface area contributed by atoms with Crippen molar-refractivity contribution in [3.05, 3.63) is 22.6 Å². The maximum Gasteiger partial charge on any atom is 0.381 e. The first-order valence-electron chi connectivity index (χ1n) is 6.27. The summed E-state index contributed by atoms with van der Waals surface area (Å²) < 4.78 is 1.50. The van der Waals surface area contributed by atoms with Crippen LogP contribution in [-0.2, 0) is 16.1 Å². The van der Waals surface area contributed by atoms with E-state index in [4.69, 9.17) is 0 Å². The molecule has 1 aliphatic heterocycles. The van der Waals surface area contributed by atoms with Crippen LogP contribution in [0.2, 0.25) is 0 Å². The Balaban J connectivity index is 1.74. The van der Waals surface area contributed by atoms with Crippen LogP contribution in [0.3, 0.4) is 0 Å². The van der Waals surface area contributed by atoms with E-state index >= 15 is 0 Å². The van der Waals surface area contributed by atoms with Crippen LogP contribution in [0.4, 0.5) is 5.82 Å². The molecule has 2 rings (SSSR count). The van der Waals surface area contributed by atoms with Gasteiger partial charge in [0.15, 0.2) is 0 Å². The molecule has 1 unspecified atom stereocenters. The summed E-state index contributed by atoms with van der Waals surface area (Å²) in [5.74, 6) is -0.385. The lowest BCUT2D eigenvalue weighted by atomic mass is 10.1. The number of piperidine rings is 1. The van der Waals surface area contributed by atoms with E-state index in [1.807, 2.05) is 0 Å². The van der Waals surface area contributed by atoms with Gasteiger partial charge in [-0.05, 0) is 16.3 Å². The molecule has 1 aromatic rings. The predicted octanol–water partition coefficient (Wildman–Crippen LogP) is -0.424. The lowest BCUT2D eigenvalue weighted by Gasteiger charge is -2.23. The van der Waals surface area contributed by atoms with Crippen molar-refractivity contribution < 1.29 is 14.5 Å². The largest absolute Gasteiger partial charge is 0.381 e. The van der Waals surface area contributed by atoms with Gasteiger partial charge >= 0.3 is 5.82 Å². The first-order chi connectivity index (χ1) is 9.54. The Morgan fingerprint density at radius 2 is 2.45 bits per heavy atom. The number of hydrogen-bond acceptors (Lipinski definition) is 5. The Kier molecular flexibility index (Phi) is 4.28. The van der Waals surface area contributed by atoms with Gasteiger partial charge in [-0.3, -0.25) is 9.59 Å². The second kappa shape index (κ2) is 6.13. The van der Waals surface area contributed by atoms with Crippen LogP contribution in [0.25, 0.3) is 0 Å². The number of aryl methyl sites for hydroxylation is 1. The summed E-state index contributed by atoms with van der Waals surface area (Å²) >= 11 is 0. The molecule has 0 aromatic carbocycles. The minimum atomic E-state index is -0.582. The summed E-state index contributed by atoms with van der Waals surface area (Å²) in [5.41, 5.74) is 0. The molecular weight excluding hydrogens is 266 g/mol. The van der Waals surface area contributed by atoms with Gasteiger partial charge in [-0.15, -0.1) is 0 Å². The molecule has 2 heterocycles. The third-order valence-corrected chi connectivity index (χ3v) is 3.03. The van der Waals surface area contributed by atoms with E-state index < -0.39 is 4.92 Å². The molecule has 1 atom stereocenters. The van der Waals surface area contributed by atoms with Crippen molar-refractivity contribution in [2.24, 2.45) is 0 Å². The molecule has 2 amide bonds. The van der Waals surface area contributed by atoms with E-state index in [1.54, 1.807) is 0 Å². The van der Waals surface area contributed by atoms with Gasteiger partial charge in [0.05, 0.1) is 0 Å². The number of nitrogens with one attached hydrogen (secondary N) is 2. The molecule has 1 aliphatic rings. The molecule has 0 radical (unpaired) electrons. The Bertz CT molecular complexity index is 517. The van der Waals surface area contributed by atoms with E-state index in [2.05, 4.69) is 15.6 Å². The van der Waals surface area contributed by atoms with Crippen molar-refractivity contribution in [3.63, 3.8) is 0 Å². The SMILES string of the molecule is O=C1CCC(NC(=O)CCn2cnc([N+](=O)[O-])c2)CN1. The highest BCUT2D eigenvalue weighted by molar-refractivity contribution is 5.78. The van der Waals surface area contributed by atoms with E-state index in [0.717, 1.165) is 0 Å². The zero-order valence-corrected chi connectivity index (χ0v) is 10.7. The molecule has 0 aliphatic carbocycles. The zero-order valence-electron chi connectivity index (χ0n) is 10.7. The minimum Gasteiger partial charge on any atom is -0.358 e. The summed E-state index contributed by atoms with van der Waals surface area (Å²) in [6.45, 7) is 0.771. The van der Waals surface area contributed by atoms with Crippen LogP contribution in [0.1, 0.15) is 19.3 Å². The van der Waals surface area contributed by atoms with Crippen LogP contribution in [0, 0.1) is 10.1 Å². The number of nitro groups is 1. The van der Waals surface area contributed by atoms with Gasteiger partial charge in [0.1, 0.15) is 6.20 Å². The Morgan fingerprint density at radius 3 is 3.05 bits per heavy atom. The highest BCUT2D eigenvalue weighted by Gasteiger charge is 2.19. The van der Waals surface area contributed by atoms with Gasteiger partial charge in [0.25, 0.3) is 0 Å². The Labute approximate surface area is 114 Å². The van der Waals surface area contributed by atoms with Crippen LogP contribution in [0.5, 0.6) is 0 Å². The minimum absolute atomic E-state index is 0.00113. The zero-order chi connectivity index (χ0) is 14.5. The molecule has 0 spiro atoms. The normalized spacial score (nSPS) is 18.4. The topological polar surface area (TPSA) is 119 Å². The third-order valence-electron chi connectivity index (χ3n) is 3.03. The standard InChI is InChI=1S/C11H15N5O4/c17-10-2-1-8(5-12-10)14-11(18)3-4-15-6-9(13-7-15)16(19)20/h6-8H,1-5H2,(H,12,17)(H,14,18). The van der Waals surface area contributed by atoms with Crippen LogP contribution < -0.4 is 10.6 Å². The summed E-state index contributed by atoms with van der Waals surface area (Å²) in [7, 11) is 0. The maximum absolute atomic E-state index is 11.7. The van der Waals surface area contributed by atoms with Gasteiger partial charge in [-0.2, -0.15) is 0 Å². The number of carbonyl (C=O) groups excluding carboxylic acids is 2. The lowest BCUT2D eigenvalue weighted by Crippen LogP contribution is -2.47. The molecule has 9 heteroatoms. The van der Waals surface area contributed by atoms with Gasteiger partial charge < -0.3 is 25.3 Å². The van der Waals surface area contributed by atoms with Gasteiger partial charge in [-0.1, -0.05) is 0 Å². The fraction of sp³-hybridized carbons (Fsp3) is 0.545. The lowest BCUT2D eigenvalue weighted by molar-refractivity contribution is -0.389. The van der Waals surface area contributed by atoms with Crippen LogP contribution in [-0.4, -0.2) is 38.9 Å². The molecular formula is C11H15N5O4. The molecule has 1 aromatic heterocycles. The molecule has 1 saturated heterocycles. The van der Waals surface area contributed by atoms with Crippen LogP contribution >= 0.6 is 0 Å². The van der Waals surface area contributed by atoms with E-state index in [9.17, 15) is 19.7 Å². The van der Waals surface area contributed by atoms with Crippen molar-refractivity contribution in [3.8, 4) is 0 Å². The average molecular weight is 281 g/mol.